The summed E-state index contributed by atoms with van der Waals surface area (Å²) in [6.45, 7) is 4.55. The van der Waals surface area contributed by atoms with Crippen LogP contribution in [0.2, 0.25) is 0 Å². The molecule has 2 N–H and O–H groups in total. The van der Waals surface area contributed by atoms with Crippen molar-refractivity contribution in [3.63, 3.8) is 0 Å². The fraction of sp³-hybridized carbons (Fsp3) is 0.308. The first-order valence-electron chi connectivity index (χ1n) is 11.4. The quantitative estimate of drug-likeness (QED) is 0.389. The second kappa shape index (κ2) is 11.3. The van der Waals surface area contributed by atoms with Crippen LogP contribution >= 0.6 is 0 Å². The number of aromatic nitrogens is 1. The zero-order valence-electron chi connectivity index (χ0n) is 20.0. The Labute approximate surface area is 204 Å². The zero-order valence-corrected chi connectivity index (χ0v) is 20.8. The van der Waals surface area contributed by atoms with Crippen LogP contribution in [0.25, 0.3) is 22.4 Å². The van der Waals surface area contributed by atoms with Crippen molar-refractivity contribution in [1.29, 1.82) is 0 Å². The SMILES string of the molecule is CCCCCCOc1ccc(-c2[nH]c(=O)c(C(=O)NS(C)(=O)=O)c(-c3ccc(C)cc3)c2F)cc1. The summed E-state index contributed by atoms with van der Waals surface area (Å²) < 4.78 is 46.5. The Morgan fingerprint density at radius 3 is 2.23 bits per heavy atom. The van der Waals surface area contributed by atoms with Crippen molar-refractivity contribution in [2.24, 2.45) is 0 Å². The Hall–Kier alpha value is -3.46. The minimum absolute atomic E-state index is 0.115. The summed E-state index contributed by atoms with van der Waals surface area (Å²) in [6, 6.07) is 13.2. The van der Waals surface area contributed by atoms with E-state index in [2.05, 4.69) is 11.9 Å². The molecule has 0 aliphatic heterocycles. The molecule has 3 rings (SSSR count). The molecule has 3 aromatic rings. The lowest BCUT2D eigenvalue weighted by Crippen LogP contribution is -2.34. The molecule has 7 nitrogen and oxygen atoms in total. The Bertz CT molecular complexity index is 1350. The smallest absolute Gasteiger partial charge is 0.271 e. The molecule has 1 amide bonds. The molecular formula is C26H29FN2O5S. The third-order valence-electron chi connectivity index (χ3n) is 5.41. The Morgan fingerprint density at radius 2 is 1.63 bits per heavy atom. The molecular weight excluding hydrogens is 471 g/mol. The van der Waals surface area contributed by atoms with Crippen molar-refractivity contribution in [2.45, 2.75) is 39.5 Å². The number of sulfonamides is 1. The summed E-state index contributed by atoms with van der Waals surface area (Å²) in [4.78, 5) is 28.0. The van der Waals surface area contributed by atoms with Crippen LogP contribution in [0, 0.1) is 12.7 Å². The molecule has 35 heavy (non-hydrogen) atoms. The van der Waals surface area contributed by atoms with E-state index in [1.54, 1.807) is 53.3 Å². The normalized spacial score (nSPS) is 11.3. The minimum atomic E-state index is -3.98. The van der Waals surface area contributed by atoms with Crippen LogP contribution in [-0.4, -0.2) is 32.2 Å². The first-order valence-corrected chi connectivity index (χ1v) is 13.3. The van der Waals surface area contributed by atoms with Gasteiger partial charge < -0.3 is 9.72 Å². The molecule has 0 bridgehead atoms. The maximum absolute atomic E-state index is 15.9. The van der Waals surface area contributed by atoms with E-state index in [4.69, 9.17) is 4.74 Å². The van der Waals surface area contributed by atoms with Gasteiger partial charge in [0.05, 0.1) is 18.6 Å². The molecule has 0 radical (unpaired) electrons. The van der Waals surface area contributed by atoms with Gasteiger partial charge in [0, 0.05) is 11.1 Å². The van der Waals surface area contributed by atoms with Gasteiger partial charge in [-0.1, -0.05) is 56.0 Å². The number of carbonyl (C=O) groups is 1. The van der Waals surface area contributed by atoms with Crippen LogP contribution in [0.3, 0.4) is 0 Å². The summed E-state index contributed by atoms with van der Waals surface area (Å²) in [5.41, 5.74) is -0.377. The van der Waals surface area contributed by atoms with E-state index in [1.807, 2.05) is 6.92 Å². The number of benzene rings is 2. The van der Waals surface area contributed by atoms with Crippen LogP contribution in [0.5, 0.6) is 5.75 Å². The number of aryl methyl sites for hydroxylation is 1. The Kier molecular flexibility index (Phi) is 8.45. The van der Waals surface area contributed by atoms with E-state index >= 15 is 4.39 Å². The van der Waals surface area contributed by atoms with Gasteiger partial charge in [-0.25, -0.2) is 17.5 Å². The van der Waals surface area contributed by atoms with E-state index in [1.165, 1.54) is 0 Å². The number of H-pyrrole nitrogens is 1. The minimum Gasteiger partial charge on any atom is -0.494 e. The van der Waals surface area contributed by atoms with Crippen molar-refractivity contribution in [2.75, 3.05) is 12.9 Å². The van der Waals surface area contributed by atoms with E-state index in [0.717, 1.165) is 37.5 Å². The molecule has 0 fully saturated rings. The second-order valence-electron chi connectivity index (χ2n) is 8.40. The van der Waals surface area contributed by atoms with Crippen LogP contribution < -0.4 is 15.0 Å². The van der Waals surface area contributed by atoms with Crippen molar-refractivity contribution >= 4 is 15.9 Å². The fourth-order valence-electron chi connectivity index (χ4n) is 3.64. The fourth-order valence-corrected chi connectivity index (χ4v) is 4.08. The van der Waals surface area contributed by atoms with Gasteiger partial charge in [0.1, 0.15) is 11.3 Å². The van der Waals surface area contributed by atoms with Crippen LogP contribution in [0.15, 0.2) is 53.3 Å². The number of ether oxygens (including phenoxy) is 1. The summed E-state index contributed by atoms with van der Waals surface area (Å²) in [7, 11) is -3.98. The highest BCUT2D eigenvalue weighted by Crippen LogP contribution is 2.32. The van der Waals surface area contributed by atoms with Gasteiger partial charge in [-0.3, -0.25) is 9.59 Å². The topological polar surface area (TPSA) is 105 Å². The van der Waals surface area contributed by atoms with Gasteiger partial charge in [-0.2, -0.15) is 0 Å². The van der Waals surface area contributed by atoms with Crippen molar-refractivity contribution in [1.82, 2.24) is 9.71 Å². The lowest BCUT2D eigenvalue weighted by molar-refractivity contribution is 0.0980. The molecule has 9 heteroatoms. The van der Waals surface area contributed by atoms with E-state index in [-0.39, 0.29) is 16.8 Å². The molecule has 0 aliphatic carbocycles. The number of hydrogen-bond donors (Lipinski definition) is 2. The summed E-state index contributed by atoms with van der Waals surface area (Å²) >= 11 is 0. The standard InChI is InChI=1S/C26H29FN2O5S/c1-4-5-6-7-16-34-20-14-12-19(13-15-20)24-23(27)21(18-10-8-17(2)9-11-18)22(25(30)28-24)26(31)29-35(3,32)33/h8-15H,4-7,16H2,1-3H3,(H,28,30)(H,29,31). The molecule has 0 atom stereocenters. The zero-order chi connectivity index (χ0) is 25.6. The number of pyridine rings is 1. The number of amides is 1. The predicted molar refractivity (Wildman–Crippen MR) is 135 cm³/mol. The van der Waals surface area contributed by atoms with Gasteiger partial charge >= 0.3 is 0 Å². The van der Waals surface area contributed by atoms with Gasteiger partial charge in [-0.05, 0) is 43.2 Å². The lowest BCUT2D eigenvalue weighted by atomic mass is 9.96. The molecule has 0 saturated heterocycles. The first-order chi connectivity index (χ1) is 16.6. The van der Waals surface area contributed by atoms with Crippen molar-refractivity contribution in [3.8, 4) is 28.1 Å². The third-order valence-corrected chi connectivity index (χ3v) is 5.97. The van der Waals surface area contributed by atoms with Gasteiger partial charge in [0.2, 0.25) is 10.0 Å². The van der Waals surface area contributed by atoms with Crippen molar-refractivity contribution in [3.05, 3.63) is 75.8 Å². The Morgan fingerprint density at radius 1 is 1.00 bits per heavy atom. The Balaban J connectivity index is 2.03. The maximum Gasteiger partial charge on any atom is 0.271 e. The predicted octanol–water partition coefficient (Wildman–Crippen LogP) is 4.80. The molecule has 1 aromatic heterocycles. The molecule has 0 spiro atoms. The average Bonchev–Trinajstić information content (AvgIpc) is 2.80. The van der Waals surface area contributed by atoms with Gasteiger partial charge in [0.25, 0.3) is 11.5 Å². The van der Waals surface area contributed by atoms with Crippen LogP contribution in [0.4, 0.5) is 4.39 Å². The maximum atomic E-state index is 15.9. The van der Waals surface area contributed by atoms with Gasteiger partial charge in [-0.15, -0.1) is 0 Å². The highest BCUT2D eigenvalue weighted by Gasteiger charge is 2.26. The first kappa shape index (κ1) is 26.2. The summed E-state index contributed by atoms with van der Waals surface area (Å²) in [5.74, 6) is -1.43. The number of nitrogens with one attached hydrogen (secondary N) is 2. The molecule has 0 aliphatic rings. The van der Waals surface area contributed by atoms with Gasteiger partial charge in [0.15, 0.2) is 5.82 Å². The summed E-state index contributed by atoms with van der Waals surface area (Å²) in [6.07, 6.45) is 5.09. The monoisotopic (exact) mass is 500 g/mol. The number of rotatable bonds is 10. The lowest BCUT2D eigenvalue weighted by Gasteiger charge is -2.14. The highest BCUT2D eigenvalue weighted by atomic mass is 32.2. The molecule has 0 unspecified atom stereocenters. The van der Waals surface area contributed by atoms with E-state index in [0.29, 0.717) is 17.9 Å². The molecule has 0 saturated carbocycles. The number of hydrogen-bond acceptors (Lipinski definition) is 5. The number of carbonyl (C=O) groups excluding carboxylic acids is 1. The number of halogens is 1. The summed E-state index contributed by atoms with van der Waals surface area (Å²) in [5, 5.41) is 0. The molecule has 186 valence electrons. The largest absolute Gasteiger partial charge is 0.494 e. The number of unbranched alkanes of at least 4 members (excludes halogenated alkanes) is 3. The molecule has 2 aromatic carbocycles. The van der Waals surface area contributed by atoms with E-state index in [9.17, 15) is 18.0 Å². The second-order valence-corrected chi connectivity index (χ2v) is 10.1. The van der Waals surface area contributed by atoms with Crippen LogP contribution in [0.1, 0.15) is 48.5 Å². The average molecular weight is 501 g/mol. The molecule has 1 heterocycles. The van der Waals surface area contributed by atoms with Crippen molar-refractivity contribution < 1.29 is 22.3 Å². The number of aromatic amines is 1. The highest BCUT2D eigenvalue weighted by molar-refractivity contribution is 7.89. The van der Waals surface area contributed by atoms with E-state index < -0.39 is 32.9 Å². The van der Waals surface area contributed by atoms with Crippen LogP contribution in [-0.2, 0) is 10.0 Å². The third kappa shape index (κ3) is 6.79.